The monoisotopic (exact) mass is 549 g/mol. The van der Waals surface area contributed by atoms with E-state index in [-0.39, 0.29) is 29.9 Å². The van der Waals surface area contributed by atoms with Crippen molar-refractivity contribution in [2.45, 2.75) is 31.5 Å². The number of aromatic nitrogens is 6. The molecule has 12 nitrogen and oxygen atoms in total. The lowest BCUT2D eigenvalue weighted by molar-refractivity contribution is -0.114. The highest BCUT2D eigenvalue weighted by Gasteiger charge is 2.49. The van der Waals surface area contributed by atoms with Gasteiger partial charge in [0.05, 0.1) is 13.1 Å². The summed E-state index contributed by atoms with van der Waals surface area (Å²) in [4.78, 5) is 39.8. The minimum atomic E-state index is -0.162. The summed E-state index contributed by atoms with van der Waals surface area (Å²) in [7, 11) is 1.76. The molecule has 0 aliphatic carbocycles. The molecule has 206 valence electrons. The van der Waals surface area contributed by atoms with Crippen LogP contribution in [0.1, 0.15) is 41.3 Å². The molecular weight excluding hydrogens is 522 g/mol. The lowest BCUT2D eigenvalue weighted by atomic mass is 10.0. The van der Waals surface area contributed by atoms with Crippen molar-refractivity contribution in [2.75, 3.05) is 18.4 Å². The average Bonchev–Trinajstić information content (AvgIpc) is 3.77. The number of pyridine rings is 1. The standard InChI is InChI=1S/C29H27N9O3/c1-17(39)31-20-8-9-25-23(13-20)32-28(41-25)19-10-11-30-24(12-19)29(40)38-16-21-14-22(38)15-37(21)26(18-6-4-3-5-7-18)27-33-35-36(2)34-27/h3-13,21-22,26H,14-16H2,1-2H3,(H,31,39). The number of fused-ring (bicyclic) bond motifs is 3. The molecule has 0 radical (unpaired) electrons. The Hall–Kier alpha value is -4.97. The van der Waals surface area contributed by atoms with Gasteiger partial charge >= 0.3 is 0 Å². The Kier molecular flexibility index (Phi) is 6.04. The summed E-state index contributed by atoms with van der Waals surface area (Å²) in [6.45, 7) is 2.75. The van der Waals surface area contributed by atoms with Gasteiger partial charge in [0.2, 0.25) is 11.8 Å². The first kappa shape index (κ1) is 25.0. The number of carbonyl (C=O) groups excluding carboxylic acids is 2. The molecule has 0 spiro atoms. The van der Waals surface area contributed by atoms with Crippen LogP contribution in [0.15, 0.2) is 71.3 Å². The van der Waals surface area contributed by atoms with Crippen molar-refractivity contribution in [1.82, 2.24) is 40.0 Å². The summed E-state index contributed by atoms with van der Waals surface area (Å²) in [5, 5.41) is 15.7. The third-order valence-electron chi connectivity index (χ3n) is 7.69. The highest BCUT2D eigenvalue weighted by Crippen LogP contribution is 2.39. The average molecular weight is 550 g/mol. The summed E-state index contributed by atoms with van der Waals surface area (Å²) in [5.74, 6) is 0.760. The number of oxazole rings is 1. The van der Waals surface area contributed by atoms with Crippen LogP contribution >= 0.6 is 0 Å². The van der Waals surface area contributed by atoms with Gasteiger partial charge in [0.1, 0.15) is 11.2 Å². The lowest BCUT2D eigenvalue weighted by Gasteiger charge is -2.37. The molecule has 3 aromatic heterocycles. The maximum atomic E-state index is 13.7. The van der Waals surface area contributed by atoms with Crippen LogP contribution in [0.4, 0.5) is 5.69 Å². The molecule has 2 aliphatic heterocycles. The second-order valence-electron chi connectivity index (χ2n) is 10.5. The Labute approximate surface area is 235 Å². The Morgan fingerprint density at radius 3 is 2.63 bits per heavy atom. The third kappa shape index (κ3) is 4.61. The van der Waals surface area contributed by atoms with Crippen LogP contribution in [0.5, 0.6) is 0 Å². The van der Waals surface area contributed by atoms with E-state index in [1.807, 2.05) is 23.1 Å². The zero-order valence-electron chi connectivity index (χ0n) is 22.5. The van der Waals surface area contributed by atoms with Crippen LogP contribution in [0.2, 0.25) is 0 Å². The SMILES string of the molecule is CC(=O)Nc1ccc2oc(-c3ccnc(C(=O)N4CC5CC4CN5C(c4ccccc4)c4nnn(C)n4)c3)nc2c1. The fourth-order valence-electron chi connectivity index (χ4n) is 5.95. The van der Waals surface area contributed by atoms with Gasteiger partial charge in [-0.2, -0.15) is 4.80 Å². The minimum absolute atomic E-state index is 0.0531. The number of hydrogen-bond donors (Lipinski definition) is 1. The number of tetrazole rings is 1. The van der Waals surface area contributed by atoms with Crippen molar-refractivity contribution >= 4 is 28.6 Å². The van der Waals surface area contributed by atoms with Gasteiger partial charge in [-0.3, -0.25) is 19.5 Å². The molecular formula is C29H27N9O3. The van der Waals surface area contributed by atoms with E-state index >= 15 is 0 Å². The third-order valence-corrected chi connectivity index (χ3v) is 7.69. The van der Waals surface area contributed by atoms with Gasteiger partial charge in [-0.05, 0) is 47.5 Å². The Morgan fingerprint density at radius 2 is 1.90 bits per heavy atom. The molecule has 3 atom stereocenters. The Balaban J connectivity index is 1.11. The number of nitrogens with one attached hydrogen (secondary N) is 1. The largest absolute Gasteiger partial charge is 0.436 e. The molecule has 5 heterocycles. The number of aryl methyl sites for hydroxylation is 1. The van der Waals surface area contributed by atoms with E-state index < -0.39 is 0 Å². The molecule has 7 rings (SSSR count). The molecule has 12 heteroatoms. The van der Waals surface area contributed by atoms with Crippen LogP contribution in [0.25, 0.3) is 22.6 Å². The van der Waals surface area contributed by atoms with E-state index in [9.17, 15) is 9.59 Å². The first-order chi connectivity index (χ1) is 19.9. The minimum Gasteiger partial charge on any atom is -0.436 e. The molecule has 1 N–H and O–H groups in total. The number of piperazine rings is 1. The van der Waals surface area contributed by atoms with Gasteiger partial charge in [-0.25, -0.2) is 4.98 Å². The summed E-state index contributed by atoms with van der Waals surface area (Å²) >= 11 is 0. The van der Waals surface area contributed by atoms with Gasteiger partial charge in [0.15, 0.2) is 11.4 Å². The molecule has 5 aromatic rings. The number of anilines is 1. The zero-order valence-corrected chi connectivity index (χ0v) is 22.5. The number of likely N-dealkylation sites (tertiary alicyclic amines) is 2. The van der Waals surface area contributed by atoms with Crippen molar-refractivity contribution in [3.8, 4) is 11.5 Å². The number of rotatable bonds is 6. The van der Waals surface area contributed by atoms with E-state index in [4.69, 9.17) is 4.42 Å². The first-order valence-corrected chi connectivity index (χ1v) is 13.4. The van der Waals surface area contributed by atoms with Gasteiger partial charge < -0.3 is 14.6 Å². The first-order valence-electron chi connectivity index (χ1n) is 13.4. The quantitative estimate of drug-likeness (QED) is 0.339. The molecule has 3 unspecified atom stereocenters. The van der Waals surface area contributed by atoms with Gasteiger partial charge in [-0.1, -0.05) is 30.3 Å². The van der Waals surface area contributed by atoms with Crippen molar-refractivity contribution in [3.63, 3.8) is 0 Å². The smallest absolute Gasteiger partial charge is 0.272 e. The highest BCUT2D eigenvalue weighted by atomic mass is 16.3. The molecule has 2 saturated heterocycles. The number of benzene rings is 2. The molecule has 41 heavy (non-hydrogen) atoms. The van der Waals surface area contributed by atoms with E-state index in [1.54, 1.807) is 43.6 Å². The van der Waals surface area contributed by atoms with Gasteiger partial charge in [-0.15, -0.1) is 10.2 Å². The molecule has 2 aliphatic rings. The Bertz CT molecular complexity index is 1770. The van der Waals surface area contributed by atoms with Crippen LogP contribution < -0.4 is 5.32 Å². The number of nitrogens with zero attached hydrogens (tertiary/aromatic N) is 8. The van der Waals surface area contributed by atoms with E-state index in [0.29, 0.717) is 52.8 Å². The number of carbonyl (C=O) groups is 2. The molecule has 2 bridgehead atoms. The second-order valence-corrected chi connectivity index (χ2v) is 10.5. The molecule has 0 saturated carbocycles. The summed E-state index contributed by atoms with van der Waals surface area (Å²) in [6, 6.07) is 19.0. The van der Waals surface area contributed by atoms with Crippen LogP contribution in [-0.2, 0) is 11.8 Å². The lowest BCUT2D eigenvalue weighted by Crippen LogP contribution is -2.50. The maximum Gasteiger partial charge on any atom is 0.272 e. The molecule has 2 aromatic carbocycles. The van der Waals surface area contributed by atoms with Crippen molar-refractivity contribution in [2.24, 2.45) is 7.05 Å². The van der Waals surface area contributed by atoms with Gasteiger partial charge in [0.25, 0.3) is 5.91 Å². The van der Waals surface area contributed by atoms with E-state index in [2.05, 4.69) is 47.7 Å². The summed E-state index contributed by atoms with van der Waals surface area (Å²) in [6.07, 6.45) is 2.47. The van der Waals surface area contributed by atoms with E-state index in [0.717, 1.165) is 12.0 Å². The predicted molar refractivity (Wildman–Crippen MR) is 149 cm³/mol. The van der Waals surface area contributed by atoms with E-state index in [1.165, 1.54) is 11.7 Å². The highest BCUT2D eigenvalue weighted by molar-refractivity contribution is 5.94. The van der Waals surface area contributed by atoms with Crippen molar-refractivity contribution in [1.29, 1.82) is 0 Å². The van der Waals surface area contributed by atoms with Crippen molar-refractivity contribution < 1.29 is 14.0 Å². The maximum absolute atomic E-state index is 13.7. The van der Waals surface area contributed by atoms with Crippen LogP contribution in [0, 0.1) is 0 Å². The summed E-state index contributed by atoms with van der Waals surface area (Å²) in [5.41, 5.74) is 3.93. The van der Waals surface area contributed by atoms with Crippen LogP contribution in [0.3, 0.4) is 0 Å². The van der Waals surface area contributed by atoms with Gasteiger partial charge in [0, 0.05) is 49.5 Å². The summed E-state index contributed by atoms with van der Waals surface area (Å²) < 4.78 is 5.95. The molecule has 2 fully saturated rings. The Morgan fingerprint density at radius 1 is 1.05 bits per heavy atom. The topological polar surface area (TPSA) is 135 Å². The van der Waals surface area contributed by atoms with Crippen LogP contribution in [-0.4, -0.2) is 77.0 Å². The fraction of sp³-hybridized carbons (Fsp3) is 0.276. The zero-order chi connectivity index (χ0) is 28.1. The number of hydrogen-bond acceptors (Lipinski definition) is 9. The predicted octanol–water partition coefficient (Wildman–Crippen LogP) is 3.06. The molecule has 2 amide bonds. The normalized spacial score (nSPS) is 19.1. The second kappa shape index (κ2) is 9.89. The van der Waals surface area contributed by atoms with Crippen molar-refractivity contribution in [3.05, 3.63) is 83.9 Å². The fourth-order valence-corrected chi connectivity index (χ4v) is 5.95. The number of amides is 2.